The van der Waals surface area contributed by atoms with Crippen LogP contribution in [0, 0.1) is 0 Å². The minimum atomic E-state index is 0.603. The van der Waals surface area contributed by atoms with Crippen molar-refractivity contribution in [3.63, 3.8) is 0 Å². The standard InChI is InChI=1S/C17H14N2O/c20-13-15-10-18-19(12-15)11-14-6-8-17(9-7-14)16-4-2-1-3-5-16/h1-10,12-13H,11H2. The van der Waals surface area contributed by atoms with Crippen LogP contribution in [0.15, 0.2) is 67.0 Å². The van der Waals surface area contributed by atoms with Crippen LogP contribution in [-0.4, -0.2) is 16.1 Å². The lowest BCUT2D eigenvalue weighted by Gasteiger charge is -2.05. The molecule has 1 aromatic heterocycles. The van der Waals surface area contributed by atoms with Crippen molar-refractivity contribution in [1.29, 1.82) is 0 Å². The van der Waals surface area contributed by atoms with Gasteiger partial charge in [0.15, 0.2) is 6.29 Å². The first-order valence-electron chi connectivity index (χ1n) is 6.47. The molecular weight excluding hydrogens is 248 g/mol. The zero-order valence-electron chi connectivity index (χ0n) is 10.9. The maximum atomic E-state index is 10.6. The fourth-order valence-electron chi connectivity index (χ4n) is 2.15. The summed E-state index contributed by atoms with van der Waals surface area (Å²) in [7, 11) is 0. The van der Waals surface area contributed by atoms with Crippen LogP contribution >= 0.6 is 0 Å². The summed E-state index contributed by atoms with van der Waals surface area (Å²) in [4.78, 5) is 10.6. The third-order valence-electron chi connectivity index (χ3n) is 3.19. The van der Waals surface area contributed by atoms with Crippen LogP contribution in [-0.2, 0) is 6.54 Å². The average Bonchev–Trinajstić information content (AvgIpc) is 2.97. The largest absolute Gasteiger partial charge is 0.298 e. The Morgan fingerprint density at radius 1 is 0.950 bits per heavy atom. The lowest BCUT2D eigenvalue weighted by molar-refractivity contribution is 0.112. The molecule has 0 aliphatic carbocycles. The number of carbonyl (C=O) groups excluding carboxylic acids is 1. The summed E-state index contributed by atoms with van der Waals surface area (Å²) in [5.74, 6) is 0. The lowest BCUT2D eigenvalue weighted by Crippen LogP contribution is -1.99. The van der Waals surface area contributed by atoms with Gasteiger partial charge in [0.1, 0.15) is 0 Å². The Hall–Kier alpha value is -2.68. The normalized spacial score (nSPS) is 10.4. The van der Waals surface area contributed by atoms with Gasteiger partial charge in [-0.05, 0) is 16.7 Å². The lowest BCUT2D eigenvalue weighted by atomic mass is 10.0. The first kappa shape index (κ1) is 12.4. The quantitative estimate of drug-likeness (QED) is 0.675. The average molecular weight is 262 g/mol. The number of carbonyl (C=O) groups is 1. The molecule has 0 aliphatic rings. The van der Waals surface area contributed by atoms with Crippen LogP contribution < -0.4 is 0 Å². The fraction of sp³-hybridized carbons (Fsp3) is 0.0588. The summed E-state index contributed by atoms with van der Waals surface area (Å²) in [5, 5.41) is 4.15. The predicted octanol–water partition coefficient (Wildman–Crippen LogP) is 3.41. The van der Waals surface area contributed by atoms with Crippen molar-refractivity contribution < 1.29 is 4.79 Å². The van der Waals surface area contributed by atoms with Crippen LogP contribution in [0.4, 0.5) is 0 Å². The van der Waals surface area contributed by atoms with E-state index in [1.165, 1.54) is 11.1 Å². The van der Waals surface area contributed by atoms with E-state index in [1.807, 2.05) is 18.2 Å². The number of aldehydes is 1. The van der Waals surface area contributed by atoms with Gasteiger partial charge < -0.3 is 0 Å². The summed E-state index contributed by atoms with van der Waals surface area (Å²) >= 11 is 0. The zero-order valence-corrected chi connectivity index (χ0v) is 10.9. The Morgan fingerprint density at radius 2 is 1.65 bits per heavy atom. The van der Waals surface area contributed by atoms with Crippen molar-refractivity contribution in [3.05, 3.63) is 78.1 Å². The van der Waals surface area contributed by atoms with Gasteiger partial charge in [-0.15, -0.1) is 0 Å². The second-order valence-electron chi connectivity index (χ2n) is 4.65. The van der Waals surface area contributed by atoms with E-state index < -0.39 is 0 Å². The van der Waals surface area contributed by atoms with Gasteiger partial charge in [0.05, 0.1) is 18.3 Å². The monoisotopic (exact) mass is 262 g/mol. The molecule has 0 spiro atoms. The summed E-state index contributed by atoms with van der Waals surface area (Å²) in [6, 6.07) is 18.7. The molecular formula is C17H14N2O. The number of rotatable bonds is 4. The molecule has 2 aromatic carbocycles. The third-order valence-corrected chi connectivity index (χ3v) is 3.19. The molecule has 3 rings (SSSR count). The molecule has 0 saturated carbocycles. The number of hydrogen-bond acceptors (Lipinski definition) is 2. The van der Waals surface area contributed by atoms with Crippen molar-refractivity contribution in [3.8, 4) is 11.1 Å². The summed E-state index contributed by atoms with van der Waals surface area (Å²) in [5.41, 5.74) is 4.17. The van der Waals surface area contributed by atoms with Crippen LogP contribution in [0.1, 0.15) is 15.9 Å². The first-order valence-corrected chi connectivity index (χ1v) is 6.47. The van der Waals surface area contributed by atoms with Crippen LogP contribution in [0.2, 0.25) is 0 Å². The van der Waals surface area contributed by atoms with Crippen molar-refractivity contribution in [2.24, 2.45) is 0 Å². The Kier molecular flexibility index (Phi) is 3.42. The molecule has 0 N–H and O–H groups in total. The number of aromatic nitrogens is 2. The van der Waals surface area contributed by atoms with Crippen molar-refractivity contribution in [2.45, 2.75) is 6.54 Å². The number of hydrogen-bond donors (Lipinski definition) is 0. The van der Waals surface area contributed by atoms with Crippen molar-refractivity contribution in [1.82, 2.24) is 9.78 Å². The van der Waals surface area contributed by atoms with Crippen LogP contribution in [0.5, 0.6) is 0 Å². The van der Waals surface area contributed by atoms with E-state index in [0.717, 1.165) is 11.8 Å². The molecule has 0 saturated heterocycles. The predicted molar refractivity (Wildman–Crippen MR) is 78.6 cm³/mol. The van der Waals surface area contributed by atoms with Gasteiger partial charge >= 0.3 is 0 Å². The maximum Gasteiger partial charge on any atom is 0.153 e. The molecule has 0 radical (unpaired) electrons. The highest BCUT2D eigenvalue weighted by Gasteiger charge is 2.00. The smallest absolute Gasteiger partial charge is 0.153 e. The number of nitrogens with zero attached hydrogens (tertiary/aromatic N) is 2. The molecule has 0 amide bonds. The Bertz CT molecular complexity index is 699. The zero-order chi connectivity index (χ0) is 13.8. The Labute approximate surface area is 117 Å². The minimum Gasteiger partial charge on any atom is -0.298 e. The highest BCUT2D eigenvalue weighted by atomic mass is 16.1. The molecule has 0 bridgehead atoms. The molecule has 98 valence electrons. The van der Waals surface area contributed by atoms with Gasteiger partial charge in [-0.2, -0.15) is 5.10 Å². The number of benzene rings is 2. The van der Waals surface area contributed by atoms with Crippen LogP contribution in [0.3, 0.4) is 0 Å². The van der Waals surface area contributed by atoms with E-state index in [2.05, 4.69) is 41.5 Å². The van der Waals surface area contributed by atoms with Gasteiger partial charge in [0.2, 0.25) is 0 Å². The highest BCUT2D eigenvalue weighted by molar-refractivity contribution is 5.73. The summed E-state index contributed by atoms with van der Waals surface area (Å²) in [6.07, 6.45) is 4.13. The highest BCUT2D eigenvalue weighted by Crippen LogP contribution is 2.19. The minimum absolute atomic E-state index is 0.603. The molecule has 1 heterocycles. The molecule has 0 aliphatic heterocycles. The van der Waals surface area contributed by atoms with E-state index in [0.29, 0.717) is 12.1 Å². The first-order chi connectivity index (χ1) is 9.85. The molecule has 0 fully saturated rings. The molecule has 0 unspecified atom stereocenters. The Balaban J connectivity index is 1.78. The van der Waals surface area contributed by atoms with Gasteiger partial charge in [0.25, 0.3) is 0 Å². The second kappa shape index (κ2) is 5.53. The van der Waals surface area contributed by atoms with E-state index in [4.69, 9.17) is 0 Å². The molecule has 0 atom stereocenters. The van der Waals surface area contributed by atoms with E-state index >= 15 is 0 Å². The SMILES string of the molecule is O=Cc1cnn(Cc2ccc(-c3ccccc3)cc2)c1. The van der Waals surface area contributed by atoms with Gasteiger partial charge in [0, 0.05) is 6.20 Å². The van der Waals surface area contributed by atoms with Gasteiger partial charge in [-0.3, -0.25) is 9.48 Å². The molecule has 20 heavy (non-hydrogen) atoms. The van der Waals surface area contributed by atoms with E-state index in [1.54, 1.807) is 17.1 Å². The summed E-state index contributed by atoms with van der Waals surface area (Å²) < 4.78 is 1.77. The van der Waals surface area contributed by atoms with Gasteiger partial charge in [-0.25, -0.2) is 0 Å². The maximum absolute atomic E-state index is 10.6. The molecule has 3 heteroatoms. The van der Waals surface area contributed by atoms with Crippen LogP contribution in [0.25, 0.3) is 11.1 Å². The topological polar surface area (TPSA) is 34.9 Å². The Morgan fingerprint density at radius 3 is 2.30 bits per heavy atom. The van der Waals surface area contributed by atoms with Gasteiger partial charge in [-0.1, -0.05) is 54.6 Å². The molecule has 3 nitrogen and oxygen atoms in total. The third kappa shape index (κ3) is 2.67. The van der Waals surface area contributed by atoms with Crippen molar-refractivity contribution in [2.75, 3.05) is 0 Å². The second-order valence-corrected chi connectivity index (χ2v) is 4.65. The summed E-state index contributed by atoms with van der Waals surface area (Å²) in [6.45, 7) is 0.670. The van der Waals surface area contributed by atoms with E-state index in [9.17, 15) is 4.79 Å². The van der Waals surface area contributed by atoms with E-state index in [-0.39, 0.29) is 0 Å². The molecule has 3 aromatic rings. The van der Waals surface area contributed by atoms with Crippen molar-refractivity contribution >= 4 is 6.29 Å². The fourth-order valence-corrected chi connectivity index (χ4v) is 2.15.